The number of hydrogen-bond acceptors (Lipinski definition) is 3. The summed E-state index contributed by atoms with van der Waals surface area (Å²) in [5, 5.41) is 9.55. The van der Waals surface area contributed by atoms with Crippen molar-refractivity contribution in [1.82, 2.24) is 0 Å². The molecule has 1 aromatic carbocycles. The van der Waals surface area contributed by atoms with Crippen LogP contribution in [0, 0.1) is 0 Å². The van der Waals surface area contributed by atoms with Crippen LogP contribution in [0.2, 0.25) is 0 Å². The molecule has 0 saturated carbocycles. The van der Waals surface area contributed by atoms with Gasteiger partial charge in [-0.1, -0.05) is 50.1 Å². The molecule has 0 radical (unpaired) electrons. The average molecular weight is 236 g/mol. The van der Waals surface area contributed by atoms with Crippen LogP contribution in [0.1, 0.15) is 38.2 Å². The zero-order valence-corrected chi connectivity index (χ0v) is 10.3. The molecule has 1 aromatic rings. The third kappa shape index (κ3) is 6.07. The first-order chi connectivity index (χ1) is 8.22. The van der Waals surface area contributed by atoms with Crippen LogP contribution in [0.25, 0.3) is 0 Å². The second kappa shape index (κ2) is 7.85. The van der Waals surface area contributed by atoms with Gasteiger partial charge < -0.3 is 9.84 Å². The van der Waals surface area contributed by atoms with Crippen LogP contribution in [0.15, 0.2) is 30.3 Å². The number of benzene rings is 1. The largest absolute Gasteiger partial charge is 0.461 e. The molecule has 0 spiro atoms. The van der Waals surface area contributed by atoms with E-state index in [1.165, 1.54) is 0 Å². The summed E-state index contributed by atoms with van der Waals surface area (Å²) in [6.45, 7) is 2.33. The van der Waals surface area contributed by atoms with E-state index in [1.807, 2.05) is 30.3 Å². The summed E-state index contributed by atoms with van der Waals surface area (Å²) >= 11 is 0. The highest BCUT2D eigenvalue weighted by atomic mass is 16.5. The van der Waals surface area contributed by atoms with Crippen molar-refractivity contribution in [2.45, 2.75) is 45.3 Å². The zero-order chi connectivity index (χ0) is 12.5. The Bertz CT molecular complexity index is 321. The number of unbranched alkanes of at least 4 members (excludes halogenated alkanes) is 1. The quantitative estimate of drug-likeness (QED) is 0.740. The normalized spacial score (nSPS) is 12.1. The minimum absolute atomic E-state index is 0.0901. The molecule has 1 rings (SSSR count). The molecule has 94 valence electrons. The van der Waals surface area contributed by atoms with Gasteiger partial charge in [-0.2, -0.15) is 0 Å². The second-order valence-electron chi connectivity index (χ2n) is 4.15. The van der Waals surface area contributed by atoms with Crippen molar-refractivity contribution in [1.29, 1.82) is 0 Å². The van der Waals surface area contributed by atoms with E-state index in [0.717, 1.165) is 18.4 Å². The Hall–Kier alpha value is -1.35. The van der Waals surface area contributed by atoms with Gasteiger partial charge in [-0.25, -0.2) is 0 Å². The topological polar surface area (TPSA) is 46.5 Å². The highest BCUT2D eigenvalue weighted by molar-refractivity contribution is 5.69. The molecule has 3 nitrogen and oxygen atoms in total. The molecular formula is C14H20O3. The van der Waals surface area contributed by atoms with E-state index >= 15 is 0 Å². The van der Waals surface area contributed by atoms with Crippen LogP contribution in [0.4, 0.5) is 0 Å². The molecule has 1 N–H and O–H groups in total. The van der Waals surface area contributed by atoms with Crippen LogP contribution in [-0.4, -0.2) is 17.2 Å². The fourth-order valence-corrected chi connectivity index (χ4v) is 1.53. The molecule has 0 aromatic heterocycles. The van der Waals surface area contributed by atoms with Crippen molar-refractivity contribution >= 4 is 5.97 Å². The Labute approximate surface area is 102 Å². The first-order valence-corrected chi connectivity index (χ1v) is 6.10. The van der Waals surface area contributed by atoms with E-state index < -0.39 is 6.10 Å². The van der Waals surface area contributed by atoms with E-state index in [-0.39, 0.29) is 19.0 Å². The zero-order valence-electron chi connectivity index (χ0n) is 10.3. The van der Waals surface area contributed by atoms with Crippen LogP contribution in [0.3, 0.4) is 0 Å². The van der Waals surface area contributed by atoms with Crippen LogP contribution in [0.5, 0.6) is 0 Å². The lowest BCUT2D eigenvalue weighted by Crippen LogP contribution is -2.15. The maximum atomic E-state index is 11.4. The third-order valence-corrected chi connectivity index (χ3v) is 2.54. The van der Waals surface area contributed by atoms with E-state index in [1.54, 1.807) is 0 Å². The Morgan fingerprint density at radius 1 is 1.35 bits per heavy atom. The second-order valence-corrected chi connectivity index (χ2v) is 4.15. The fourth-order valence-electron chi connectivity index (χ4n) is 1.53. The van der Waals surface area contributed by atoms with Crippen molar-refractivity contribution in [2.24, 2.45) is 0 Å². The molecule has 0 amide bonds. The molecule has 0 saturated heterocycles. The number of carbonyl (C=O) groups excluding carboxylic acids is 1. The van der Waals surface area contributed by atoms with Gasteiger partial charge in [0, 0.05) is 0 Å². The monoisotopic (exact) mass is 236 g/mol. The van der Waals surface area contributed by atoms with Gasteiger partial charge in [0.05, 0.1) is 12.5 Å². The number of ether oxygens (including phenoxy) is 1. The molecule has 0 aliphatic carbocycles. The van der Waals surface area contributed by atoms with Gasteiger partial charge in [0.1, 0.15) is 6.61 Å². The van der Waals surface area contributed by atoms with Gasteiger partial charge in [0.25, 0.3) is 0 Å². The lowest BCUT2D eigenvalue weighted by atomic mass is 10.1. The number of hydrogen-bond donors (Lipinski definition) is 1. The molecule has 17 heavy (non-hydrogen) atoms. The molecule has 0 unspecified atom stereocenters. The summed E-state index contributed by atoms with van der Waals surface area (Å²) in [7, 11) is 0. The number of aliphatic hydroxyl groups is 1. The number of carbonyl (C=O) groups is 1. The fraction of sp³-hybridized carbons (Fsp3) is 0.500. The van der Waals surface area contributed by atoms with Crippen molar-refractivity contribution in [2.75, 3.05) is 0 Å². The van der Waals surface area contributed by atoms with Crippen LogP contribution >= 0.6 is 0 Å². The molecule has 0 aliphatic heterocycles. The van der Waals surface area contributed by atoms with Crippen molar-refractivity contribution in [3.05, 3.63) is 35.9 Å². The number of rotatable bonds is 7. The molecule has 0 heterocycles. The molecule has 0 bridgehead atoms. The van der Waals surface area contributed by atoms with E-state index in [9.17, 15) is 9.90 Å². The van der Waals surface area contributed by atoms with Gasteiger partial charge in [0.2, 0.25) is 0 Å². The maximum absolute atomic E-state index is 11.4. The predicted molar refractivity (Wildman–Crippen MR) is 66.4 cm³/mol. The van der Waals surface area contributed by atoms with Gasteiger partial charge in [-0.05, 0) is 12.0 Å². The highest BCUT2D eigenvalue weighted by Crippen LogP contribution is 2.07. The smallest absolute Gasteiger partial charge is 0.308 e. The van der Waals surface area contributed by atoms with Crippen molar-refractivity contribution in [3.63, 3.8) is 0 Å². The van der Waals surface area contributed by atoms with Gasteiger partial charge in [-0.15, -0.1) is 0 Å². The van der Waals surface area contributed by atoms with E-state index in [2.05, 4.69) is 6.92 Å². The van der Waals surface area contributed by atoms with Crippen LogP contribution in [-0.2, 0) is 16.1 Å². The van der Waals surface area contributed by atoms with Crippen molar-refractivity contribution < 1.29 is 14.6 Å². The first-order valence-electron chi connectivity index (χ1n) is 6.10. The Kier molecular flexibility index (Phi) is 6.33. The third-order valence-electron chi connectivity index (χ3n) is 2.54. The summed E-state index contributed by atoms with van der Waals surface area (Å²) < 4.78 is 5.08. The molecular weight excluding hydrogens is 216 g/mol. The van der Waals surface area contributed by atoms with Gasteiger partial charge in [-0.3, -0.25) is 4.79 Å². The predicted octanol–water partition coefficient (Wildman–Crippen LogP) is 2.67. The Morgan fingerprint density at radius 2 is 2.06 bits per heavy atom. The Balaban J connectivity index is 2.21. The van der Waals surface area contributed by atoms with E-state index in [4.69, 9.17) is 4.74 Å². The molecule has 0 fully saturated rings. The number of esters is 1. The van der Waals surface area contributed by atoms with E-state index in [0.29, 0.717) is 6.42 Å². The average Bonchev–Trinajstić information content (AvgIpc) is 2.35. The highest BCUT2D eigenvalue weighted by Gasteiger charge is 2.11. The summed E-state index contributed by atoms with van der Waals surface area (Å²) in [6.07, 6.45) is 2.14. The SMILES string of the molecule is CCCC[C@H](O)CC(=O)OCc1ccccc1. The lowest BCUT2D eigenvalue weighted by molar-refractivity contribution is -0.147. The van der Waals surface area contributed by atoms with Crippen molar-refractivity contribution in [3.8, 4) is 0 Å². The molecule has 0 aliphatic rings. The summed E-state index contributed by atoms with van der Waals surface area (Å²) in [5.74, 6) is -0.336. The first kappa shape index (κ1) is 13.7. The lowest BCUT2D eigenvalue weighted by Gasteiger charge is -2.09. The summed E-state index contributed by atoms with van der Waals surface area (Å²) in [5.41, 5.74) is 0.962. The van der Waals surface area contributed by atoms with Gasteiger partial charge >= 0.3 is 5.97 Å². The molecule has 3 heteroatoms. The Morgan fingerprint density at radius 3 is 2.71 bits per heavy atom. The standard InChI is InChI=1S/C14H20O3/c1-2-3-9-13(15)10-14(16)17-11-12-7-5-4-6-8-12/h4-8,13,15H,2-3,9-11H2,1H3/t13-/m0/s1. The summed E-state index contributed by atoms with van der Waals surface area (Å²) in [4.78, 5) is 11.4. The minimum Gasteiger partial charge on any atom is -0.461 e. The maximum Gasteiger partial charge on any atom is 0.308 e. The minimum atomic E-state index is -0.571. The van der Waals surface area contributed by atoms with Crippen LogP contribution < -0.4 is 0 Å². The summed E-state index contributed by atoms with van der Waals surface area (Å²) in [6, 6.07) is 9.53. The number of aliphatic hydroxyl groups excluding tert-OH is 1. The van der Waals surface area contributed by atoms with Gasteiger partial charge in [0.15, 0.2) is 0 Å². The molecule has 1 atom stereocenters.